The number of hydrogen-bond acceptors (Lipinski definition) is 4. The number of nitrogens with one attached hydrogen (secondary N) is 1. The number of hydrogen-bond donors (Lipinski definition) is 2. The largest absolute Gasteiger partial charge is 0.479 e. The van der Waals surface area contributed by atoms with Crippen LogP contribution in [0.25, 0.3) is 0 Å². The van der Waals surface area contributed by atoms with Crippen molar-refractivity contribution in [3.8, 4) is 0 Å². The molecule has 2 unspecified atom stereocenters. The number of aliphatic carboxylic acids is 1. The molecule has 5 nitrogen and oxygen atoms in total. The predicted octanol–water partition coefficient (Wildman–Crippen LogP) is 1.66. The average molecular weight is 301 g/mol. The molecule has 0 aromatic heterocycles. The number of halogens is 1. The molecule has 20 heavy (non-hydrogen) atoms. The molecule has 0 saturated heterocycles. The first-order valence-corrected chi connectivity index (χ1v) is 8.17. The third kappa shape index (κ3) is 2.63. The fourth-order valence-corrected chi connectivity index (χ4v) is 4.39. The summed E-state index contributed by atoms with van der Waals surface area (Å²) in [5.41, 5.74) is -1.16. The first-order valence-electron chi connectivity index (χ1n) is 6.22. The van der Waals surface area contributed by atoms with Crippen LogP contribution in [0.3, 0.4) is 0 Å². The van der Waals surface area contributed by atoms with Gasteiger partial charge in [-0.3, -0.25) is 0 Å². The van der Waals surface area contributed by atoms with E-state index >= 15 is 0 Å². The third-order valence-electron chi connectivity index (χ3n) is 3.70. The van der Waals surface area contributed by atoms with Gasteiger partial charge in [-0.05, 0) is 43.5 Å². The van der Waals surface area contributed by atoms with Crippen molar-refractivity contribution in [3.63, 3.8) is 0 Å². The van der Waals surface area contributed by atoms with Crippen LogP contribution in [0.15, 0.2) is 24.3 Å². The maximum atomic E-state index is 12.9. The van der Waals surface area contributed by atoms with E-state index in [1.54, 1.807) is 0 Å². The van der Waals surface area contributed by atoms with Gasteiger partial charge in [-0.2, -0.15) is 0 Å². The maximum Gasteiger partial charge on any atom is 0.330 e. The van der Waals surface area contributed by atoms with Crippen molar-refractivity contribution in [1.29, 1.82) is 0 Å². The molecule has 1 saturated carbocycles. The van der Waals surface area contributed by atoms with E-state index in [0.717, 1.165) is 6.26 Å². The van der Waals surface area contributed by atoms with E-state index in [4.69, 9.17) is 0 Å². The number of sulfone groups is 1. The highest BCUT2D eigenvalue weighted by molar-refractivity contribution is 7.91. The summed E-state index contributed by atoms with van der Waals surface area (Å²) in [5.74, 6) is -1.64. The number of carboxylic acid groups (broad SMARTS) is 1. The molecule has 0 amide bonds. The van der Waals surface area contributed by atoms with Crippen LogP contribution < -0.4 is 5.32 Å². The lowest BCUT2D eigenvalue weighted by molar-refractivity contribution is -0.141. The van der Waals surface area contributed by atoms with Crippen molar-refractivity contribution in [2.24, 2.45) is 0 Å². The molecule has 0 heterocycles. The van der Waals surface area contributed by atoms with E-state index < -0.39 is 32.4 Å². The molecule has 7 heteroatoms. The molecule has 0 bridgehead atoms. The van der Waals surface area contributed by atoms with Gasteiger partial charge in [0.1, 0.15) is 5.82 Å². The quantitative estimate of drug-likeness (QED) is 0.883. The molecule has 1 aromatic rings. The Labute approximate surface area is 116 Å². The lowest BCUT2D eigenvalue weighted by Crippen LogP contribution is -2.55. The lowest BCUT2D eigenvalue weighted by Gasteiger charge is -2.32. The van der Waals surface area contributed by atoms with Gasteiger partial charge in [-0.15, -0.1) is 0 Å². The van der Waals surface area contributed by atoms with Gasteiger partial charge in [0.15, 0.2) is 15.4 Å². The zero-order valence-corrected chi connectivity index (χ0v) is 11.8. The minimum Gasteiger partial charge on any atom is -0.479 e. The van der Waals surface area contributed by atoms with Crippen LogP contribution in [0, 0.1) is 5.82 Å². The van der Waals surface area contributed by atoms with Crippen molar-refractivity contribution < 1.29 is 22.7 Å². The Kier molecular flexibility index (Phi) is 3.73. The Hall–Kier alpha value is -1.63. The van der Waals surface area contributed by atoms with Gasteiger partial charge in [0, 0.05) is 11.9 Å². The van der Waals surface area contributed by atoms with Crippen molar-refractivity contribution in [1.82, 2.24) is 0 Å². The van der Waals surface area contributed by atoms with E-state index in [1.165, 1.54) is 24.3 Å². The number of rotatable bonds is 4. The summed E-state index contributed by atoms with van der Waals surface area (Å²) in [6.07, 6.45) is 2.09. The molecule has 0 spiro atoms. The van der Waals surface area contributed by atoms with Crippen LogP contribution >= 0.6 is 0 Å². The van der Waals surface area contributed by atoms with Crippen LogP contribution in [-0.4, -0.2) is 36.5 Å². The summed E-state index contributed by atoms with van der Waals surface area (Å²) in [6.45, 7) is 0. The van der Waals surface area contributed by atoms with Crippen LogP contribution in [0.4, 0.5) is 10.1 Å². The predicted molar refractivity (Wildman–Crippen MR) is 72.9 cm³/mol. The molecule has 1 aliphatic carbocycles. The number of benzene rings is 1. The molecular weight excluding hydrogens is 285 g/mol. The molecule has 1 aromatic carbocycles. The smallest absolute Gasteiger partial charge is 0.330 e. The summed E-state index contributed by atoms with van der Waals surface area (Å²) in [6, 6.07) is 5.19. The summed E-state index contributed by atoms with van der Waals surface area (Å²) >= 11 is 0. The normalized spacial score (nSPS) is 26.4. The second-order valence-electron chi connectivity index (χ2n) is 5.12. The van der Waals surface area contributed by atoms with Crippen LogP contribution in [0.5, 0.6) is 0 Å². The van der Waals surface area contributed by atoms with Gasteiger partial charge in [0.2, 0.25) is 0 Å². The average Bonchev–Trinajstić information content (AvgIpc) is 2.77. The molecule has 2 rings (SSSR count). The monoisotopic (exact) mass is 301 g/mol. The molecule has 110 valence electrons. The maximum absolute atomic E-state index is 12.9. The van der Waals surface area contributed by atoms with Gasteiger partial charge in [0.25, 0.3) is 0 Å². The highest BCUT2D eigenvalue weighted by Gasteiger charge is 2.54. The van der Waals surface area contributed by atoms with E-state index in [9.17, 15) is 22.7 Å². The lowest BCUT2D eigenvalue weighted by atomic mass is 9.96. The summed E-state index contributed by atoms with van der Waals surface area (Å²) < 4.78 is 36.5. The first kappa shape index (κ1) is 14.8. The van der Waals surface area contributed by atoms with Gasteiger partial charge in [-0.25, -0.2) is 17.6 Å². The van der Waals surface area contributed by atoms with Crippen molar-refractivity contribution >= 4 is 21.5 Å². The third-order valence-corrected chi connectivity index (χ3v) is 5.37. The van der Waals surface area contributed by atoms with Gasteiger partial charge < -0.3 is 10.4 Å². The number of carboxylic acids is 1. The van der Waals surface area contributed by atoms with Gasteiger partial charge in [0.05, 0.1) is 5.25 Å². The highest BCUT2D eigenvalue weighted by Crippen LogP contribution is 2.38. The summed E-state index contributed by atoms with van der Waals surface area (Å²) in [7, 11) is -3.50. The fourth-order valence-electron chi connectivity index (χ4n) is 2.79. The van der Waals surface area contributed by atoms with E-state index in [1.807, 2.05) is 0 Å². The van der Waals surface area contributed by atoms with Crippen molar-refractivity contribution in [2.75, 3.05) is 11.6 Å². The topological polar surface area (TPSA) is 83.5 Å². The van der Waals surface area contributed by atoms with Gasteiger partial charge in [-0.1, -0.05) is 0 Å². The number of anilines is 1. The highest BCUT2D eigenvalue weighted by atomic mass is 32.2. The standard InChI is InChI=1S/C13H16FNO4S/c1-20(18,19)11-3-2-8-13(11,12(16)17)15-10-6-4-9(14)5-7-10/h4-7,11,15H,2-3,8H2,1H3,(H,16,17). The van der Waals surface area contributed by atoms with Crippen molar-refractivity contribution in [3.05, 3.63) is 30.1 Å². The van der Waals surface area contributed by atoms with Crippen LogP contribution in [0.1, 0.15) is 19.3 Å². The molecule has 0 radical (unpaired) electrons. The zero-order chi connectivity index (χ0) is 15.0. The molecule has 1 fully saturated rings. The Morgan fingerprint density at radius 2 is 2.00 bits per heavy atom. The van der Waals surface area contributed by atoms with E-state index in [0.29, 0.717) is 18.5 Å². The number of carbonyl (C=O) groups is 1. The Morgan fingerprint density at radius 1 is 1.40 bits per heavy atom. The second-order valence-corrected chi connectivity index (χ2v) is 7.35. The molecule has 1 aliphatic rings. The Morgan fingerprint density at radius 3 is 2.50 bits per heavy atom. The molecule has 2 N–H and O–H groups in total. The minimum absolute atomic E-state index is 0.220. The second kappa shape index (κ2) is 5.05. The van der Waals surface area contributed by atoms with Gasteiger partial charge >= 0.3 is 5.97 Å². The summed E-state index contributed by atoms with van der Waals surface area (Å²) in [4.78, 5) is 11.7. The van der Waals surface area contributed by atoms with Crippen molar-refractivity contribution in [2.45, 2.75) is 30.1 Å². The van der Waals surface area contributed by atoms with E-state index in [2.05, 4.69) is 5.32 Å². The van der Waals surface area contributed by atoms with Crippen LogP contribution in [-0.2, 0) is 14.6 Å². The van der Waals surface area contributed by atoms with E-state index in [-0.39, 0.29) is 6.42 Å². The molecular formula is C13H16FNO4S. The SMILES string of the molecule is CS(=O)(=O)C1CCCC1(Nc1ccc(F)cc1)C(=O)O. The first-order chi connectivity index (χ1) is 9.25. The zero-order valence-electron chi connectivity index (χ0n) is 11.0. The Bertz CT molecular complexity index is 614. The fraction of sp³-hybridized carbons (Fsp3) is 0.462. The van der Waals surface area contributed by atoms with Crippen LogP contribution in [0.2, 0.25) is 0 Å². The summed E-state index contributed by atoms with van der Waals surface area (Å²) in [5, 5.41) is 11.3. The minimum atomic E-state index is -3.50. The molecule has 0 aliphatic heterocycles. The Balaban J connectivity index is 2.40. The molecule has 2 atom stereocenters.